The number of hydrogen-bond acceptors (Lipinski definition) is 8. The van der Waals surface area contributed by atoms with Crippen molar-refractivity contribution in [2.24, 2.45) is 0 Å². The van der Waals surface area contributed by atoms with Gasteiger partial charge in [0.1, 0.15) is 18.2 Å². The van der Waals surface area contributed by atoms with Crippen molar-refractivity contribution in [1.82, 2.24) is 9.97 Å². The monoisotopic (exact) mass is 630 g/mol. The summed E-state index contributed by atoms with van der Waals surface area (Å²) in [4.78, 5) is 23.5. The highest BCUT2D eigenvalue weighted by molar-refractivity contribution is 7.98. The third-order valence-electron chi connectivity index (χ3n) is 6.30. The van der Waals surface area contributed by atoms with E-state index in [-0.39, 0.29) is 19.1 Å². The molecule has 0 aliphatic heterocycles. The van der Waals surface area contributed by atoms with E-state index in [4.69, 9.17) is 14.2 Å². The van der Waals surface area contributed by atoms with Gasteiger partial charge >= 0.3 is 12.1 Å². The van der Waals surface area contributed by atoms with E-state index < -0.39 is 17.7 Å². The Balaban J connectivity index is 1.54. The van der Waals surface area contributed by atoms with Crippen LogP contribution in [0.15, 0.2) is 59.5 Å². The molecule has 0 unspecified atom stereocenters. The Morgan fingerprint density at radius 3 is 2.40 bits per heavy atom. The number of thioether (sulfide) groups is 1. The zero-order chi connectivity index (χ0) is 31.1. The molecule has 0 atom stereocenters. The van der Waals surface area contributed by atoms with Crippen LogP contribution in [-0.4, -0.2) is 29.2 Å². The summed E-state index contributed by atoms with van der Waals surface area (Å²) in [7, 11) is 0. The van der Waals surface area contributed by atoms with Crippen LogP contribution in [0.4, 0.5) is 13.2 Å². The molecular formula is C32H33F3N2O4S2. The van der Waals surface area contributed by atoms with Gasteiger partial charge < -0.3 is 14.2 Å². The molecule has 2 aromatic heterocycles. The second kappa shape index (κ2) is 14.3. The van der Waals surface area contributed by atoms with Gasteiger partial charge in [0.2, 0.25) is 5.88 Å². The van der Waals surface area contributed by atoms with E-state index >= 15 is 0 Å². The maximum Gasteiger partial charge on any atom is 0.416 e. The van der Waals surface area contributed by atoms with Crippen molar-refractivity contribution < 1.29 is 32.2 Å². The molecule has 0 saturated carbocycles. The third kappa shape index (κ3) is 8.96. The zero-order valence-electron chi connectivity index (χ0n) is 24.6. The minimum atomic E-state index is -4.39. The average molecular weight is 631 g/mol. The fourth-order valence-corrected chi connectivity index (χ4v) is 6.37. The van der Waals surface area contributed by atoms with Crippen molar-refractivity contribution in [3.8, 4) is 22.1 Å². The molecule has 2 aromatic carbocycles. The summed E-state index contributed by atoms with van der Waals surface area (Å²) in [6.07, 6.45) is -4.39. The molecule has 6 nitrogen and oxygen atoms in total. The first-order valence-electron chi connectivity index (χ1n) is 13.7. The molecule has 0 aliphatic carbocycles. The van der Waals surface area contributed by atoms with Gasteiger partial charge in [0.05, 0.1) is 12.2 Å². The van der Waals surface area contributed by atoms with Crippen LogP contribution in [0, 0.1) is 13.8 Å². The number of alkyl halides is 3. The number of ether oxygens (including phenoxy) is 3. The number of carbonyl (C=O) groups excluding carboxylic acids is 1. The van der Waals surface area contributed by atoms with Gasteiger partial charge in [-0.2, -0.15) is 18.2 Å². The Kier molecular flexibility index (Phi) is 10.7. The van der Waals surface area contributed by atoms with Crippen molar-refractivity contribution in [3.63, 3.8) is 0 Å². The zero-order valence-corrected chi connectivity index (χ0v) is 26.2. The predicted octanol–water partition coefficient (Wildman–Crippen LogP) is 8.78. The van der Waals surface area contributed by atoms with E-state index in [9.17, 15) is 18.0 Å². The highest BCUT2D eigenvalue weighted by atomic mass is 32.2. The van der Waals surface area contributed by atoms with Crippen LogP contribution in [0.25, 0.3) is 10.4 Å². The Morgan fingerprint density at radius 2 is 1.74 bits per heavy atom. The van der Waals surface area contributed by atoms with Crippen LogP contribution in [0.2, 0.25) is 0 Å². The van der Waals surface area contributed by atoms with Crippen molar-refractivity contribution >= 4 is 29.1 Å². The first-order valence-corrected chi connectivity index (χ1v) is 15.5. The Labute approximate surface area is 257 Å². The molecule has 0 amide bonds. The molecule has 0 radical (unpaired) electrons. The first kappa shape index (κ1) is 32.3. The lowest BCUT2D eigenvalue weighted by atomic mass is 10.1. The number of halogens is 3. The smallest absolute Gasteiger partial charge is 0.416 e. The van der Waals surface area contributed by atoms with Crippen LogP contribution in [0.1, 0.15) is 59.8 Å². The predicted molar refractivity (Wildman–Crippen MR) is 163 cm³/mol. The summed E-state index contributed by atoms with van der Waals surface area (Å²) in [5, 5.41) is 0. The number of aromatic nitrogens is 2. The standard InChI is InChI=1S/C32H33F3N2O4S2/c1-6-39-30(38)17-40-26-12-11-25(13-20(26)4)42-18-28-23(16-41-29-14-21(5)36-31(37-29)19(2)3)15-27(43-28)22-7-9-24(10-8-22)32(33,34)35/h7-15,19H,6,16-18H2,1-5H3. The molecule has 0 bridgehead atoms. The topological polar surface area (TPSA) is 70.5 Å². The van der Waals surface area contributed by atoms with Crippen LogP contribution < -0.4 is 9.47 Å². The second-order valence-corrected chi connectivity index (χ2v) is 12.3. The van der Waals surface area contributed by atoms with E-state index in [1.54, 1.807) is 24.8 Å². The third-order valence-corrected chi connectivity index (χ3v) is 8.73. The van der Waals surface area contributed by atoms with Gasteiger partial charge in [0.15, 0.2) is 6.61 Å². The number of thiophene rings is 1. The van der Waals surface area contributed by atoms with Crippen LogP contribution in [0.3, 0.4) is 0 Å². The molecule has 0 saturated heterocycles. The number of benzene rings is 2. The molecule has 0 aliphatic rings. The van der Waals surface area contributed by atoms with Gasteiger partial charge in [-0.1, -0.05) is 26.0 Å². The fraction of sp³-hybridized carbons (Fsp3) is 0.344. The Morgan fingerprint density at radius 1 is 1.00 bits per heavy atom. The number of rotatable bonds is 12. The van der Waals surface area contributed by atoms with Gasteiger partial charge in [0, 0.05) is 43.6 Å². The molecular weight excluding hydrogens is 597 g/mol. The molecule has 0 spiro atoms. The maximum atomic E-state index is 13.1. The largest absolute Gasteiger partial charge is 0.482 e. The van der Waals surface area contributed by atoms with Crippen molar-refractivity contribution in [2.45, 2.75) is 64.0 Å². The van der Waals surface area contributed by atoms with Crippen LogP contribution in [0.5, 0.6) is 11.6 Å². The van der Waals surface area contributed by atoms with E-state index in [0.717, 1.165) is 43.6 Å². The summed E-state index contributed by atoms with van der Waals surface area (Å²) in [6.45, 7) is 9.97. The minimum Gasteiger partial charge on any atom is -0.482 e. The second-order valence-electron chi connectivity index (χ2n) is 10.1. The van der Waals surface area contributed by atoms with Gasteiger partial charge in [0.25, 0.3) is 0 Å². The molecule has 4 rings (SSSR count). The molecule has 4 aromatic rings. The molecule has 43 heavy (non-hydrogen) atoms. The minimum absolute atomic E-state index is 0.145. The fourth-order valence-electron chi connectivity index (χ4n) is 4.08. The van der Waals surface area contributed by atoms with Gasteiger partial charge in [-0.3, -0.25) is 0 Å². The summed E-state index contributed by atoms with van der Waals surface area (Å²) in [6, 6.07) is 14.7. The van der Waals surface area contributed by atoms with Crippen molar-refractivity contribution in [2.75, 3.05) is 13.2 Å². The average Bonchev–Trinajstić information content (AvgIpc) is 3.37. The lowest BCUT2D eigenvalue weighted by molar-refractivity contribution is -0.145. The van der Waals surface area contributed by atoms with Gasteiger partial charge in [-0.15, -0.1) is 23.1 Å². The molecule has 11 heteroatoms. The Hall–Kier alpha value is -3.57. The van der Waals surface area contributed by atoms with Gasteiger partial charge in [-0.25, -0.2) is 9.78 Å². The molecule has 0 fully saturated rings. The number of nitrogens with zero attached hydrogens (tertiary/aromatic N) is 2. The lowest BCUT2D eigenvalue weighted by Crippen LogP contribution is -2.14. The summed E-state index contributed by atoms with van der Waals surface area (Å²) in [5.41, 5.74) is 2.65. The Bertz CT molecular complexity index is 1550. The summed E-state index contributed by atoms with van der Waals surface area (Å²) >= 11 is 3.15. The van der Waals surface area contributed by atoms with Crippen molar-refractivity contribution in [1.29, 1.82) is 0 Å². The maximum absolute atomic E-state index is 13.1. The van der Waals surface area contributed by atoms with E-state index in [1.807, 2.05) is 52.0 Å². The lowest BCUT2D eigenvalue weighted by Gasteiger charge is -2.11. The number of esters is 1. The van der Waals surface area contributed by atoms with E-state index in [2.05, 4.69) is 9.97 Å². The summed E-state index contributed by atoms with van der Waals surface area (Å²) in [5.74, 6) is 2.12. The normalized spacial score (nSPS) is 11.6. The summed E-state index contributed by atoms with van der Waals surface area (Å²) < 4.78 is 56.0. The molecule has 2 heterocycles. The van der Waals surface area contributed by atoms with Crippen molar-refractivity contribution in [3.05, 3.63) is 87.7 Å². The molecule has 0 N–H and O–H groups in total. The number of carbonyl (C=O) groups is 1. The highest BCUT2D eigenvalue weighted by Crippen LogP contribution is 2.38. The number of aryl methyl sites for hydroxylation is 2. The quantitative estimate of drug-likeness (QED) is 0.114. The van der Waals surface area contributed by atoms with E-state index in [0.29, 0.717) is 35.4 Å². The first-order chi connectivity index (χ1) is 20.4. The van der Waals surface area contributed by atoms with Gasteiger partial charge in [-0.05, 0) is 68.3 Å². The van der Waals surface area contributed by atoms with Crippen LogP contribution in [-0.2, 0) is 28.1 Å². The van der Waals surface area contributed by atoms with E-state index in [1.165, 1.54) is 23.5 Å². The molecule has 228 valence electrons. The SMILES string of the molecule is CCOC(=O)COc1ccc(SCc2sc(-c3ccc(C(F)(F)F)cc3)cc2COc2cc(C)nc(C(C)C)n2)cc1C. The van der Waals surface area contributed by atoms with Crippen LogP contribution >= 0.6 is 23.1 Å². The number of hydrogen-bond donors (Lipinski definition) is 0. The highest BCUT2D eigenvalue weighted by Gasteiger charge is 2.30.